The molecular formula is C18H21N3O5. The number of piperazine rings is 1. The van der Waals surface area contributed by atoms with Gasteiger partial charge in [-0.15, -0.1) is 0 Å². The van der Waals surface area contributed by atoms with Crippen LogP contribution in [-0.2, 0) is 19.1 Å². The van der Waals surface area contributed by atoms with E-state index in [9.17, 15) is 19.2 Å². The van der Waals surface area contributed by atoms with Crippen LogP contribution in [-0.4, -0.2) is 67.3 Å². The highest BCUT2D eigenvalue weighted by Crippen LogP contribution is 2.48. The van der Waals surface area contributed by atoms with Crippen LogP contribution in [0.15, 0.2) is 24.3 Å². The first kappa shape index (κ1) is 17.9. The smallest absolute Gasteiger partial charge is 0.339 e. The molecule has 0 aromatic heterocycles. The molecule has 3 rings (SSSR count). The van der Waals surface area contributed by atoms with E-state index >= 15 is 0 Å². The Kier molecular flexibility index (Phi) is 4.92. The van der Waals surface area contributed by atoms with Crippen LogP contribution in [0.2, 0.25) is 0 Å². The van der Waals surface area contributed by atoms with Crippen molar-refractivity contribution in [1.82, 2.24) is 9.80 Å². The quantitative estimate of drug-likeness (QED) is 0.469. The monoisotopic (exact) mass is 359 g/mol. The number of hydrogen-bond donors (Lipinski definition) is 1. The van der Waals surface area contributed by atoms with Crippen molar-refractivity contribution in [2.45, 2.75) is 12.8 Å². The summed E-state index contributed by atoms with van der Waals surface area (Å²) in [7, 11) is 1.27. The Morgan fingerprint density at radius 2 is 1.77 bits per heavy atom. The predicted molar refractivity (Wildman–Crippen MR) is 92.3 cm³/mol. The molecule has 3 amide bonds. The second-order valence-electron chi connectivity index (χ2n) is 6.51. The second-order valence-corrected chi connectivity index (χ2v) is 6.51. The largest absolute Gasteiger partial charge is 0.465 e. The van der Waals surface area contributed by atoms with E-state index < -0.39 is 17.3 Å². The molecule has 1 aliphatic carbocycles. The number of anilines is 1. The SMILES string of the molecule is COC(=O)c1ccccc1NC(=O)C1(C(=O)N2CCN(C=O)CC2)CC1. The molecule has 1 N–H and O–H groups in total. The Morgan fingerprint density at radius 1 is 1.12 bits per heavy atom. The Bertz CT molecular complexity index is 736. The van der Waals surface area contributed by atoms with Crippen molar-refractivity contribution in [1.29, 1.82) is 0 Å². The molecule has 138 valence electrons. The number of carbonyl (C=O) groups excluding carboxylic acids is 4. The number of nitrogens with one attached hydrogen (secondary N) is 1. The lowest BCUT2D eigenvalue weighted by atomic mass is 10.0. The zero-order valence-electron chi connectivity index (χ0n) is 14.6. The Morgan fingerprint density at radius 3 is 2.35 bits per heavy atom. The van der Waals surface area contributed by atoms with Gasteiger partial charge in [-0.1, -0.05) is 12.1 Å². The highest BCUT2D eigenvalue weighted by molar-refractivity contribution is 6.14. The van der Waals surface area contributed by atoms with Crippen LogP contribution in [0, 0.1) is 5.41 Å². The van der Waals surface area contributed by atoms with Gasteiger partial charge in [0.2, 0.25) is 18.2 Å². The van der Waals surface area contributed by atoms with Gasteiger partial charge in [0.1, 0.15) is 5.41 Å². The fourth-order valence-corrected chi connectivity index (χ4v) is 3.12. The molecule has 0 atom stereocenters. The zero-order valence-corrected chi connectivity index (χ0v) is 14.6. The molecular weight excluding hydrogens is 338 g/mol. The highest BCUT2D eigenvalue weighted by atomic mass is 16.5. The standard InChI is InChI=1S/C18H21N3O5/c1-26-15(23)13-4-2-3-5-14(13)19-16(24)18(6-7-18)17(25)21-10-8-20(12-22)9-11-21/h2-5,12H,6-11H2,1H3,(H,19,24). The molecule has 2 aliphatic rings. The molecule has 1 aliphatic heterocycles. The lowest BCUT2D eigenvalue weighted by Crippen LogP contribution is -2.52. The number of hydrogen-bond acceptors (Lipinski definition) is 5. The summed E-state index contributed by atoms with van der Waals surface area (Å²) in [6.45, 7) is 1.78. The maximum atomic E-state index is 12.9. The van der Waals surface area contributed by atoms with Crippen molar-refractivity contribution in [3.05, 3.63) is 29.8 Å². The minimum atomic E-state index is -1.08. The first-order valence-corrected chi connectivity index (χ1v) is 8.49. The van der Waals surface area contributed by atoms with Gasteiger partial charge in [-0.2, -0.15) is 0 Å². The Balaban J connectivity index is 1.71. The van der Waals surface area contributed by atoms with Crippen molar-refractivity contribution in [3.8, 4) is 0 Å². The van der Waals surface area contributed by atoms with E-state index in [1.54, 1.807) is 34.1 Å². The van der Waals surface area contributed by atoms with Gasteiger partial charge < -0.3 is 19.9 Å². The van der Waals surface area contributed by atoms with Crippen molar-refractivity contribution >= 4 is 29.9 Å². The fraction of sp³-hybridized carbons (Fsp3) is 0.444. The molecule has 0 bridgehead atoms. The summed E-state index contributed by atoms with van der Waals surface area (Å²) in [5.74, 6) is -1.17. The van der Waals surface area contributed by atoms with Gasteiger partial charge in [0.15, 0.2) is 0 Å². The van der Waals surface area contributed by atoms with E-state index in [0.29, 0.717) is 44.7 Å². The van der Waals surface area contributed by atoms with Gasteiger partial charge in [-0.25, -0.2) is 4.79 Å². The number of amides is 3. The molecule has 1 saturated heterocycles. The number of para-hydroxylation sites is 1. The van der Waals surface area contributed by atoms with Crippen LogP contribution in [0.1, 0.15) is 23.2 Å². The number of esters is 1. The first-order chi connectivity index (χ1) is 12.5. The third-order valence-electron chi connectivity index (χ3n) is 4.93. The van der Waals surface area contributed by atoms with Crippen molar-refractivity contribution in [2.75, 3.05) is 38.6 Å². The van der Waals surface area contributed by atoms with Crippen LogP contribution < -0.4 is 5.32 Å². The van der Waals surface area contributed by atoms with Crippen LogP contribution >= 0.6 is 0 Å². The summed E-state index contributed by atoms with van der Waals surface area (Å²) in [6.07, 6.45) is 1.73. The molecule has 0 radical (unpaired) electrons. The summed E-state index contributed by atoms with van der Waals surface area (Å²) >= 11 is 0. The summed E-state index contributed by atoms with van der Waals surface area (Å²) in [4.78, 5) is 51.5. The van der Waals surface area contributed by atoms with E-state index in [2.05, 4.69) is 5.32 Å². The number of nitrogens with zero attached hydrogens (tertiary/aromatic N) is 2. The van der Waals surface area contributed by atoms with Crippen molar-refractivity contribution < 1.29 is 23.9 Å². The number of rotatable bonds is 5. The molecule has 0 unspecified atom stereocenters. The lowest BCUT2D eigenvalue weighted by molar-refractivity contribution is -0.144. The van der Waals surface area contributed by atoms with Crippen LogP contribution in [0.4, 0.5) is 5.69 Å². The minimum absolute atomic E-state index is 0.212. The minimum Gasteiger partial charge on any atom is -0.465 e. The maximum Gasteiger partial charge on any atom is 0.339 e. The van der Waals surface area contributed by atoms with E-state index in [0.717, 1.165) is 6.41 Å². The Hall–Kier alpha value is -2.90. The first-order valence-electron chi connectivity index (χ1n) is 8.49. The number of carbonyl (C=O) groups is 4. The van der Waals surface area contributed by atoms with Gasteiger partial charge in [0, 0.05) is 26.2 Å². The van der Waals surface area contributed by atoms with Gasteiger partial charge in [-0.05, 0) is 25.0 Å². The molecule has 1 aromatic carbocycles. The van der Waals surface area contributed by atoms with E-state index in [1.807, 2.05) is 0 Å². The molecule has 0 spiro atoms. The van der Waals surface area contributed by atoms with Crippen LogP contribution in [0.3, 0.4) is 0 Å². The van der Waals surface area contributed by atoms with E-state index in [4.69, 9.17) is 4.74 Å². The van der Waals surface area contributed by atoms with Gasteiger partial charge in [0.25, 0.3) is 0 Å². The average Bonchev–Trinajstić information content (AvgIpc) is 3.49. The lowest BCUT2D eigenvalue weighted by Gasteiger charge is -2.34. The summed E-state index contributed by atoms with van der Waals surface area (Å²) in [5.41, 5.74) is -0.507. The number of benzene rings is 1. The molecule has 8 heteroatoms. The highest BCUT2D eigenvalue weighted by Gasteiger charge is 2.58. The summed E-state index contributed by atoms with van der Waals surface area (Å²) in [5, 5.41) is 2.71. The van der Waals surface area contributed by atoms with Crippen molar-refractivity contribution in [2.24, 2.45) is 5.41 Å². The van der Waals surface area contributed by atoms with Gasteiger partial charge in [0.05, 0.1) is 18.4 Å². The molecule has 2 fully saturated rings. The zero-order chi connectivity index (χ0) is 18.7. The summed E-state index contributed by atoms with van der Waals surface area (Å²) in [6, 6.07) is 6.53. The van der Waals surface area contributed by atoms with Crippen molar-refractivity contribution in [3.63, 3.8) is 0 Å². The predicted octanol–water partition coefficient (Wildman–Crippen LogP) is 0.492. The number of ether oxygens (including phenoxy) is 1. The molecule has 1 heterocycles. The number of methoxy groups -OCH3 is 1. The van der Waals surface area contributed by atoms with Crippen LogP contribution in [0.25, 0.3) is 0 Å². The molecule has 1 aromatic rings. The maximum absolute atomic E-state index is 12.9. The fourth-order valence-electron chi connectivity index (χ4n) is 3.12. The topological polar surface area (TPSA) is 96.0 Å². The third kappa shape index (κ3) is 3.26. The second kappa shape index (κ2) is 7.15. The molecule has 26 heavy (non-hydrogen) atoms. The molecule has 1 saturated carbocycles. The van der Waals surface area contributed by atoms with Gasteiger partial charge >= 0.3 is 5.97 Å². The van der Waals surface area contributed by atoms with E-state index in [1.165, 1.54) is 7.11 Å². The Labute approximate surface area is 151 Å². The average molecular weight is 359 g/mol. The van der Waals surface area contributed by atoms with E-state index in [-0.39, 0.29) is 11.5 Å². The summed E-state index contributed by atoms with van der Waals surface area (Å²) < 4.78 is 4.72. The third-order valence-corrected chi connectivity index (χ3v) is 4.93. The normalized spacial score (nSPS) is 18.0. The molecule has 8 nitrogen and oxygen atoms in total. The van der Waals surface area contributed by atoms with Crippen LogP contribution in [0.5, 0.6) is 0 Å². The van der Waals surface area contributed by atoms with Gasteiger partial charge in [-0.3, -0.25) is 14.4 Å².